The van der Waals surface area contributed by atoms with Crippen LogP contribution < -0.4 is 11.1 Å². The maximum absolute atomic E-state index is 11.6. The fraction of sp³-hybridized carbons (Fsp3) is 0.364. The molecule has 0 unspecified atom stereocenters. The minimum absolute atomic E-state index is 0.0110. The van der Waals surface area contributed by atoms with E-state index in [1.54, 1.807) is 23.0 Å². The zero-order valence-corrected chi connectivity index (χ0v) is 12.1. The van der Waals surface area contributed by atoms with Crippen LogP contribution in [0.5, 0.6) is 0 Å². The average Bonchev–Trinajstić information content (AvgIpc) is 3.00. The number of aromatic nitrogens is 3. The summed E-state index contributed by atoms with van der Waals surface area (Å²) in [5, 5.41) is 13.2. The molecular weight excluding hydrogens is 282 g/mol. The molecule has 1 amide bonds. The topological polar surface area (TPSA) is 85.8 Å². The number of hydrogen-bond donors (Lipinski definition) is 2. The summed E-state index contributed by atoms with van der Waals surface area (Å²) in [6.07, 6.45) is 0.866. The molecule has 0 spiro atoms. The molecule has 19 heavy (non-hydrogen) atoms. The number of hydrogen-bond acceptors (Lipinski definition) is 6. The van der Waals surface area contributed by atoms with E-state index < -0.39 is 0 Å². The molecule has 0 fully saturated rings. The molecule has 0 atom stereocenters. The number of anilines is 1. The maximum atomic E-state index is 11.6. The van der Waals surface area contributed by atoms with Crippen LogP contribution in [-0.4, -0.2) is 33.0 Å². The fourth-order valence-electron chi connectivity index (χ4n) is 1.41. The molecule has 8 heteroatoms. The molecule has 2 rings (SSSR count). The van der Waals surface area contributed by atoms with Gasteiger partial charge in [-0.05, 0) is 17.9 Å². The van der Waals surface area contributed by atoms with Crippen molar-refractivity contribution in [3.05, 3.63) is 22.4 Å². The smallest absolute Gasteiger partial charge is 0.230 e. The summed E-state index contributed by atoms with van der Waals surface area (Å²) in [5.41, 5.74) is 5.56. The molecule has 0 radical (unpaired) electrons. The van der Waals surface area contributed by atoms with Crippen molar-refractivity contribution in [3.8, 4) is 0 Å². The van der Waals surface area contributed by atoms with Crippen molar-refractivity contribution in [2.24, 2.45) is 7.05 Å². The predicted octanol–water partition coefficient (Wildman–Crippen LogP) is 0.910. The van der Waals surface area contributed by atoms with Crippen LogP contribution in [0.2, 0.25) is 0 Å². The predicted molar refractivity (Wildman–Crippen MR) is 77.2 cm³/mol. The quantitative estimate of drug-likeness (QED) is 0.774. The molecule has 3 N–H and O–H groups in total. The van der Waals surface area contributed by atoms with E-state index in [9.17, 15) is 4.79 Å². The minimum Gasteiger partial charge on any atom is -0.368 e. The van der Waals surface area contributed by atoms with Crippen LogP contribution >= 0.6 is 23.1 Å². The first-order valence-corrected chi connectivity index (χ1v) is 7.60. The third-order valence-electron chi connectivity index (χ3n) is 2.47. The summed E-state index contributed by atoms with van der Waals surface area (Å²) in [6.45, 7) is 0.654. The van der Waals surface area contributed by atoms with E-state index >= 15 is 0 Å². The molecular formula is C11H15N5OS2. The van der Waals surface area contributed by atoms with Crippen molar-refractivity contribution in [3.63, 3.8) is 0 Å². The Kier molecular flexibility index (Phi) is 4.80. The van der Waals surface area contributed by atoms with Gasteiger partial charge in [-0.1, -0.05) is 17.8 Å². The average molecular weight is 297 g/mol. The summed E-state index contributed by atoms with van der Waals surface area (Å²) in [4.78, 5) is 12.9. The van der Waals surface area contributed by atoms with Gasteiger partial charge in [-0.15, -0.1) is 21.5 Å². The highest BCUT2D eigenvalue weighted by molar-refractivity contribution is 7.99. The standard InChI is InChI=1S/C11H15N5OS2/c1-16-10(12)14-15-11(16)19-7-9(17)13-5-4-8-3-2-6-18-8/h2-3,6H,4-5,7H2,1H3,(H2,12,14)(H,13,17). The van der Waals surface area contributed by atoms with E-state index in [2.05, 4.69) is 21.6 Å². The highest BCUT2D eigenvalue weighted by Gasteiger charge is 2.09. The van der Waals surface area contributed by atoms with E-state index in [0.29, 0.717) is 23.4 Å². The van der Waals surface area contributed by atoms with Gasteiger partial charge in [0, 0.05) is 18.5 Å². The molecule has 0 bridgehead atoms. The SMILES string of the molecule is Cn1c(N)nnc1SCC(=O)NCCc1cccs1. The van der Waals surface area contributed by atoms with Crippen LogP contribution in [0.4, 0.5) is 5.95 Å². The number of rotatable bonds is 6. The van der Waals surface area contributed by atoms with Gasteiger partial charge >= 0.3 is 0 Å². The molecule has 2 heterocycles. The van der Waals surface area contributed by atoms with Gasteiger partial charge in [-0.25, -0.2) is 0 Å². The number of nitrogens with two attached hydrogens (primary N) is 1. The van der Waals surface area contributed by atoms with Crippen molar-refractivity contribution >= 4 is 35.0 Å². The summed E-state index contributed by atoms with van der Waals surface area (Å²) in [5.74, 6) is 0.653. The van der Waals surface area contributed by atoms with Crippen LogP contribution in [0.3, 0.4) is 0 Å². The molecule has 6 nitrogen and oxygen atoms in total. The summed E-state index contributed by atoms with van der Waals surface area (Å²) < 4.78 is 1.66. The Bertz CT molecular complexity index is 537. The summed E-state index contributed by atoms with van der Waals surface area (Å²) in [7, 11) is 1.77. The van der Waals surface area contributed by atoms with E-state index in [1.165, 1.54) is 16.6 Å². The number of nitrogens with zero attached hydrogens (tertiary/aromatic N) is 3. The van der Waals surface area contributed by atoms with Gasteiger partial charge in [0.05, 0.1) is 5.75 Å². The van der Waals surface area contributed by atoms with Gasteiger partial charge < -0.3 is 11.1 Å². The first-order chi connectivity index (χ1) is 9.16. The number of nitrogen functional groups attached to an aromatic ring is 1. The Labute approximate surface area is 119 Å². The van der Waals surface area contributed by atoms with Crippen LogP contribution in [-0.2, 0) is 18.3 Å². The van der Waals surface area contributed by atoms with Gasteiger partial charge in [0.2, 0.25) is 11.9 Å². The van der Waals surface area contributed by atoms with Crippen LogP contribution in [0.25, 0.3) is 0 Å². The van der Waals surface area contributed by atoms with Gasteiger partial charge in [0.15, 0.2) is 5.16 Å². The highest BCUT2D eigenvalue weighted by Crippen LogP contribution is 2.15. The zero-order chi connectivity index (χ0) is 13.7. The molecule has 0 aliphatic heterocycles. The van der Waals surface area contributed by atoms with Gasteiger partial charge in [-0.3, -0.25) is 9.36 Å². The van der Waals surface area contributed by atoms with Gasteiger partial charge in [-0.2, -0.15) is 0 Å². The Morgan fingerprint density at radius 3 is 3.05 bits per heavy atom. The Balaban J connectivity index is 1.68. The molecule has 0 aromatic carbocycles. The number of thioether (sulfide) groups is 1. The van der Waals surface area contributed by atoms with Crippen molar-refractivity contribution in [1.82, 2.24) is 20.1 Å². The third-order valence-corrected chi connectivity index (χ3v) is 4.43. The van der Waals surface area contributed by atoms with E-state index in [-0.39, 0.29) is 5.91 Å². The lowest BCUT2D eigenvalue weighted by molar-refractivity contribution is -0.118. The molecule has 0 saturated heterocycles. The van der Waals surface area contributed by atoms with Crippen molar-refractivity contribution in [2.75, 3.05) is 18.0 Å². The second-order valence-corrected chi connectivity index (χ2v) is 5.84. The maximum Gasteiger partial charge on any atom is 0.230 e. The zero-order valence-electron chi connectivity index (χ0n) is 10.5. The van der Waals surface area contributed by atoms with Crippen LogP contribution in [0.15, 0.2) is 22.7 Å². The van der Waals surface area contributed by atoms with Crippen LogP contribution in [0, 0.1) is 0 Å². The van der Waals surface area contributed by atoms with Crippen molar-refractivity contribution < 1.29 is 4.79 Å². The van der Waals surface area contributed by atoms with Crippen molar-refractivity contribution in [2.45, 2.75) is 11.6 Å². The van der Waals surface area contributed by atoms with Gasteiger partial charge in [0.1, 0.15) is 0 Å². The van der Waals surface area contributed by atoms with E-state index in [4.69, 9.17) is 5.73 Å². The second-order valence-electron chi connectivity index (χ2n) is 3.87. The lowest BCUT2D eigenvalue weighted by Crippen LogP contribution is -2.27. The van der Waals surface area contributed by atoms with Crippen LogP contribution in [0.1, 0.15) is 4.88 Å². The highest BCUT2D eigenvalue weighted by atomic mass is 32.2. The summed E-state index contributed by atoms with van der Waals surface area (Å²) in [6, 6.07) is 4.07. The molecule has 0 aliphatic carbocycles. The van der Waals surface area contributed by atoms with E-state index in [0.717, 1.165) is 6.42 Å². The fourth-order valence-corrected chi connectivity index (χ4v) is 2.87. The normalized spacial score (nSPS) is 10.6. The molecule has 2 aromatic heterocycles. The number of carbonyl (C=O) groups excluding carboxylic acids is 1. The molecule has 2 aromatic rings. The number of nitrogens with one attached hydrogen (secondary N) is 1. The first kappa shape index (κ1) is 13.9. The van der Waals surface area contributed by atoms with Crippen molar-refractivity contribution in [1.29, 1.82) is 0 Å². The Morgan fingerprint density at radius 1 is 1.58 bits per heavy atom. The largest absolute Gasteiger partial charge is 0.368 e. The monoisotopic (exact) mass is 297 g/mol. The lowest BCUT2D eigenvalue weighted by atomic mass is 10.3. The first-order valence-electron chi connectivity index (χ1n) is 5.73. The number of carbonyl (C=O) groups is 1. The molecule has 0 saturated carbocycles. The Morgan fingerprint density at radius 2 is 2.42 bits per heavy atom. The second kappa shape index (κ2) is 6.58. The molecule has 0 aliphatic rings. The van der Waals surface area contributed by atoms with E-state index in [1.807, 2.05) is 11.4 Å². The number of thiophene rings is 1. The Hall–Kier alpha value is -1.54. The lowest BCUT2D eigenvalue weighted by Gasteiger charge is -2.04. The third kappa shape index (κ3) is 3.97. The minimum atomic E-state index is -0.0110. The molecule has 102 valence electrons. The van der Waals surface area contributed by atoms with Gasteiger partial charge in [0.25, 0.3) is 0 Å². The number of amides is 1. The summed E-state index contributed by atoms with van der Waals surface area (Å²) >= 11 is 3.02.